The number of hydrogen-bond acceptors (Lipinski definition) is 4. The van der Waals surface area contributed by atoms with Crippen LogP contribution in [0.4, 0.5) is 0 Å². The Morgan fingerprint density at radius 2 is 2.18 bits per heavy atom. The first-order valence-electron chi connectivity index (χ1n) is 6.02. The van der Waals surface area contributed by atoms with E-state index in [1.54, 1.807) is 7.05 Å². The lowest BCUT2D eigenvalue weighted by atomic mass is 10.2. The van der Waals surface area contributed by atoms with Crippen LogP contribution in [0.3, 0.4) is 0 Å². The largest absolute Gasteiger partial charge is 0.392 e. The fourth-order valence-corrected chi connectivity index (χ4v) is 1.97. The molecule has 3 N–H and O–H groups in total. The Morgan fingerprint density at radius 3 is 2.71 bits per heavy atom. The first-order valence-corrected chi connectivity index (χ1v) is 6.02. The lowest BCUT2D eigenvalue weighted by Gasteiger charge is -2.20. The van der Waals surface area contributed by atoms with Gasteiger partial charge in [-0.2, -0.15) is 0 Å². The zero-order valence-corrected chi connectivity index (χ0v) is 9.98. The summed E-state index contributed by atoms with van der Waals surface area (Å²) in [6, 6.07) is -0.0406. The Balaban J connectivity index is 1.75. The number of aliphatic hydroxyl groups is 1. The highest BCUT2D eigenvalue weighted by atomic mass is 16.3. The van der Waals surface area contributed by atoms with Gasteiger partial charge in [-0.1, -0.05) is 0 Å². The van der Waals surface area contributed by atoms with Crippen molar-refractivity contribution in [3.63, 3.8) is 0 Å². The average Bonchev–Trinajstić information content (AvgIpc) is 2.96. The first kappa shape index (κ1) is 12.3. The van der Waals surface area contributed by atoms with Gasteiger partial charge in [0.2, 0.25) is 11.8 Å². The molecule has 0 radical (unpaired) electrons. The van der Waals surface area contributed by atoms with Crippen molar-refractivity contribution in [3.8, 4) is 0 Å². The van der Waals surface area contributed by atoms with Gasteiger partial charge in [0.1, 0.15) is 0 Å². The van der Waals surface area contributed by atoms with Crippen molar-refractivity contribution in [2.75, 3.05) is 20.1 Å². The van der Waals surface area contributed by atoms with Crippen molar-refractivity contribution in [3.05, 3.63) is 0 Å². The third-order valence-electron chi connectivity index (χ3n) is 3.11. The zero-order valence-electron chi connectivity index (χ0n) is 9.98. The molecule has 0 aromatic heterocycles. The molecule has 6 nitrogen and oxygen atoms in total. The van der Waals surface area contributed by atoms with E-state index in [1.165, 1.54) is 4.90 Å². The molecular weight excluding hydrogens is 222 g/mol. The van der Waals surface area contributed by atoms with Gasteiger partial charge in [0.25, 0.3) is 0 Å². The van der Waals surface area contributed by atoms with E-state index in [-0.39, 0.29) is 24.4 Å². The molecule has 2 fully saturated rings. The Hall–Kier alpha value is -1.14. The predicted molar refractivity (Wildman–Crippen MR) is 61.2 cm³/mol. The molecule has 0 spiro atoms. The highest BCUT2D eigenvalue weighted by Gasteiger charge is 2.31. The van der Waals surface area contributed by atoms with Crippen LogP contribution in [0.15, 0.2) is 0 Å². The molecule has 17 heavy (non-hydrogen) atoms. The molecule has 1 aliphatic carbocycles. The van der Waals surface area contributed by atoms with Crippen molar-refractivity contribution < 1.29 is 14.7 Å². The zero-order chi connectivity index (χ0) is 12.4. The molecule has 96 valence electrons. The molecule has 0 bridgehead atoms. The average molecular weight is 241 g/mol. The van der Waals surface area contributed by atoms with Crippen LogP contribution in [0, 0.1) is 0 Å². The van der Waals surface area contributed by atoms with Gasteiger partial charge in [-0.15, -0.1) is 0 Å². The van der Waals surface area contributed by atoms with Crippen LogP contribution in [-0.4, -0.2) is 60.1 Å². The van der Waals surface area contributed by atoms with Crippen LogP contribution in [0.5, 0.6) is 0 Å². The Labute approximate surface area is 100 Å². The van der Waals surface area contributed by atoms with Crippen LogP contribution >= 0.6 is 0 Å². The Kier molecular flexibility index (Phi) is 3.63. The molecule has 1 heterocycles. The molecule has 1 saturated heterocycles. The molecule has 2 amide bonds. The maximum absolute atomic E-state index is 11.9. The van der Waals surface area contributed by atoms with Crippen molar-refractivity contribution >= 4 is 11.8 Å². The first-order chi connectivity index (χ1) is 8.06. The topological polar surface area (TPSA) is 81.7 Å². The molecule has 1 saturated carbocycles. The Morgan fingerprint density at radius 1 is 1.47 bits per heavy atom. The maximum atomic E-state index is 11.9. The van der Waals surface area contributed by atoms with E-state index in [9.17, 15) is 14.7 Å². The highest BCUT2D eigenvalue weighted by molar-refractivity contribution is 5.87. The van der Waals surface area contributed by atoms with Crippen molar-refractivity contribution in [2.24, 2.45) is 0 Å². The van der Waals surface area contributed by atoms with Gasteiger partial charge < -0.3 is 20.6 Å². The molecule has 2 aliphatic rings. The number of β-amino-alcohol motifs (C(OH)–C–C–N with tert-alkyl or cyclic N) is 1. The van der Waals surface area contributed by atoms with Crippen molar-refractivity contribution in [1.82, 2.24) is 15.5 Å². The second-order valence-electron chi connectivity index (χ2n) is 4.89. The summed E-state index contributed by atoms with van der Waals surface area (Å²) in [6.45, 7) is 0.530. The summed E-state index contributed by atoms with van der Waals surface area (Å²) in [5.41, 5.74) is 0. The monoisotopic (exact) mass is 241 g/mol. The van der Waals surface area contributed by atoms with Gasteiger partial charge in [0.15, 0.2) is 0 Å². The standard InChI is InChI=1S/C11H19N3O3/c1-14(6-10(16)13-7-2-3-7)11(17)9-4-8(15)5-12-9/h7-9,12,15H,2-6H2,1H3,(H,13,16). The van der Waals surface area contributed by atoms with E-state index in [1.807, 2.05) is 0 Å². The summed E-state index contributed by atoms with van der Waals surface area (Å²) in [5, 5.41) is 15.1. The fourth-order valence-electron chi connectivity index (χ4n) is 1.97. The molecule has 2 rings (SSSR count). The lowest BCUT2D eigenvalue weighted by molar-refractivity contribution is -0.136. The normalized spacial score (nSPS) is 27.9. The number of aliphatic hydroxyl groups excluding tert-OH is 1. The number of hydrogen-bond donors (Lipinski definition) is 3. The third-order valence-corrected chi connectivity index (χ3v) is 3.11. The number of likely N-dealkylation sites (N-methyl/N-ethyl adjacent to an activating group) is 1. The molecule has 2 atom stereocenters. The van der Waals surface area contributed by atoms with E-state index in [4.69, 9.17) is 0 Å². The second-order valence-corrected chi connectivity index (χ2v) is 4.89. The van der Waals surface area contributed by atoms with Crippen LogP contribution in [0.2, 0.25) is 0 Å². The summed E-state index contributed by atoms with van der Waals surface area (Å²) >= 11 is 0. The minimum absolute atomic E-state index is 0.0869. The van der Waals surface area contributed by atoms with Gasteiger partial charge in [-0.05, 0) is 19.3 Å². The van der Waals surface area contributed by atoms with E-state index < -0.39 is 6.10 Å². The fraction of sp³-hybridized carbons (Fsp3) is 0.818. The smallest absolute Gasteiger partial charge is 0.240 e. The third kappa shape index (κ3) is 3.41. The molecule has 1 aliphatic heterocycles. The molecule has 2 unspecified atom stereocenters. The number of amides is 2. The predicted octanol–water partition coefficient (Wildman–Crippen LogP) is -1.55. The molecule has 0 aromatic carbocycles. The highest BCUT2D eigenvalue weighted by Crippen LogP contribution is 2.18. The van der Waals surface area contributed by atoms with Crippen LogP contribution in [-0.2, 0) is 9.59 Å². The second kappa shape index (κ2) is 5.01. The number of nitrogens with one attached hydrogen (secondary N) is 2. The van der Waals surface area contributed by atoms with Crippen molar-refractivity contribution in [1.29, 1.82) is 0 Å². The minimum atomic E-state index is -0.461. The molecule has 0 aromatic rings. The van der Waals surface area contributed by atoms with Crippen molar-refractivity contribution in [2.45, 2.75) is 37.5 Å². The lowest BCUT2D eigenvalue weighted by Crippen LogP contribution is -2.46. The van der Waals surface area contributed by atoms with E-state index in [2.05, 4.69) is 10.6 Å². The Bertz CT molecular complexity index is 317. The maximum Gasteiger partial charge on any atom is 0.240 e. The van der Waals surface area contributed by atoms with Crippen LogP contribution in [0.25, 0.3) is 0 Å². The molecule has 6 heteroatoms. The van der Waals surface area contributed by atoms with Gasteiger partial charge in [-0.3, -0.25) is 9.59 Å². The number of rotatable bonds is 4. The summed E-state index contributed by atoms with van der Waals surface area (Å²) in [6.07, 6.45) is 2.05. The van der Waals surface area contributed by atoms with E-state index >= 15 is 0 Å². The number of carbonyl (C=O) groups excluding carboxylic acids is 2. The van der Waals surface area contributed by atoms with Crippen LogP contribution < -0.4 is 10.6 Å². The summed E-state index contributed by atoms with van der Waals surface area (Å²) < 4.78 is 0. The van der Waals surface area contributed by atoms with Gasteiger partial charge in [0.05, 0.1) is 18.7 Å². The summed E-state index contributed by atoms with van der Waals surface area (Å²) in [7, 11) is 1.61. The molecular formula is C11H19N3O3. The number of nitrogens with zero attached hydrogens (tertiary/aromatic N) is 1. The quantitative estimate of drug-likeness (QED) is 0.556. The SMILES string of the molecule is CN(CC(=O)NC1CC1)C(=O)C1CC(O)CN1. The van der Waals surface area contributed by atoms with Crippen LogP contribution in [0.1, 0.15) is 19.3 Å². The summed E-state index contributed by atoms with van der Waals surface area (Å²) in [4.78, 5) is 24.8. The van der Waals surface area contributed by atoms with Gasteiger partial charge >= 0.3 is 0 Å². The van der Waals surface area contributed by atoms with E-state index in [0.717, 1.165) is 12.8 Å². The van der Waals surface area contributed by atoms with Gasteiger partial charge in [0, 0.05) is 19.6 Å². The van der Waals surface area contributed by atoms with Gasteiger partial charge in [-0.25, -0.2) is 0 Å². The summed E-state index contributed by atoms with van der Waals surface area (Å²) in [5.74, 6) is -0.241. The van der Waals surface area contributed by atoms with E-state index in [0.29, 0.717) is 19.0 Å². The number of carbonyl (C=O) groups is 2. The minimum Gasteiger partial charge on any atom is -0.392 e.